The van der Waals surface area contributed by atoms with Crippen molar-refractivity contribution in [2.45, 2.75) is 84.8 Å². The van der Waals surface area contributed by atoms with Gasteiger partial charge in [-0.15, -0.1) is 0 Å². The van der Waals surface area contributed by atoms with E-state index in [4.69, 9.17) is 0 Å². The molecule has 1 aliphatic rings. The Hall–Kier alpha value is -1.09. The molecule has 0 aromatic carbocycles. The third-order valence-corrected chi connectivity index (χ3v) is 4.66. The molecule has 1 heterocycles. The van der Waals surface area contributed by atoms with Gasteiger partial charge in [-0.1, -0.05) is 26.7 Å². The molecular formula is C18H30N2O. The summed E-state index contributed by atoms with van der Waals surface area (Å²) >= 11 is 0. The molecule has 1 unspecified atom stereocenters. The molecule has 0 spiro atoms. The van der Waals surface area contributed by atoms with E-state index in [-0.39, 0.29) is 5.56 Å². The summed E-state index contributed by atoms with van der Waals surface area (Å²) < 4.78 is 2.08. The molecule has 21 heavy (non-hydrogen) atoms. The molecule has 1 aromatic heterocycles. The minimum absolute atomic E-state index is 0.238. The highest BCUT2D eigenvalue weighted by Crippen LogP contribution is 2.22. The maximum Gasteiger partial charge on any atom is 0.255 e. The van der Waals surface area contributed by atoms with Gasteiger partial charge in [0.25, 0.3) is 5.56 Å². The van der Waals surface area contributed by atoms with Crippen LogP contribution in [0.2, 0.25) is 0 Å². The minimum Gasteiger partial charge on any atom is -0.312 e. The van der Waals surface area contributed by atoms with Gasteiger partial charge in [-0.3, -0.25) is 4.79 Å². The van der Waals surface area contributed by atoms with E-state index in [1.807, 2.05) is 0 Å². The summed E-state index contributed by atoms with van der Waals surface area (Å²) in [6.45, 7) is 8.15. The SMILES string of the molecule is CCCCCn1c2c(cc(CNC(C)CC)c1=O)CCC2. The number of aryl methyl sites for hydroxylation is 1. The highest BCUT2D eigenvalue weighted by atomic mass is 16.1. The maximum atomic E-state index is 12.7. The largest absolute Gasteiger partial charge is 0.312 e. The zero-order valence-electron chi connectivity index (χ0n) is 13.9. The van der Waals surface area contributed by atoms with Crippen molar-refractivity contribution in [1.82, 2.24) is 9.88 Å². The van der Waals surface area contributed by atoms with Crippen LogP contribution in [0.25, 0.3) is 0 Å². The highest BCUT2D eigenvalue weighted by Gasteiger charge is 2.18. The van der Waals surface area contributed by atoms with Crippen LogP contribution in [0.1, 0.15) is 69.7 Å². The number of rotatable bonds is 8. The molecule has 2 rings (SSSR count). The first kappa shape index (κ1) is 16.3. The van der Waals surface area contributed by atoms with Gasteiger partial charge in [0.2, 0.25) is 0 Å². The van der Waals surface area contributed by atoms with E-state index in [0.29, 0.717) is 12.6 Å². The third-order valence-electron chi connectivity index (χ3n) is 4.66. The number of nitrogens with one attached hydrogen (secondary N) is 1. The van der Waals surface area contributed by atoms with Gasteiger partial charge >= 0.3 is 0 Å². The van der Waals surface area contributed by atoms with Gasteiger partial charge < -0.3 is 9.88 Å². The van der Waals surface area contributed by atoms with E-state index in [2.05, 4.69) is 36.7 Å². The van der Waals surface area contributed by atoms with Crippen LogP contribution in [-0.2, 0) is 25.9 Å². The van der Waals surface area contributed by atoms with E-state index < -0.39 is 0 Å². The van der Waals surface area contributed by atoms with Gasteiger partial charge in [-0.2, -0.15) is 0 Å². The lowest BCUT2D eigenvalue weighted by Gasteiger charge is -2.16. The predicted molar refractivity (Wildman–Crippen MR) is 88.8 cm³/mol. The summed E-state index contributed by atoms with van der Waals surface area (Å²) in [7, 11) is 0. The first-order valence-electron chi connectivity index (χ1n) is 8.65. The van der Waals surface area contributed by atoms with Crippen LogP contribution >= 0.6 is 0 Å². The molecule has 1 atom stereocenters. The summed E-state index contributed by atoms with van der Waals surface area (Å²) in [5, 5.41) is 3.46. The van der Waals surface area contributed by atoms with Crippen molar-refractivity contribution in [3.8, 4) is 0 Å². The second-order valence-electron chi connectivity index (χ2n) is 6.35. The number of fused-ring (bicyclic) bond motifs is 1. The summed E-state index contributed by atoms with van der Waals surface area (Å²) in [5.74, 6) is 0. The summed E-state index contributed by atoms with van der Waals surface area (Å²) in [4.78, 5) is 12.7. The van der Waals surface area contributed by atoms with Crippen molar-refractivity contribution in [1.29, 1.82) is 0 Å². The van der Waals surface area contributed by atoms with Gasteiger partial charge in [0.1, 0.15) is 0 Å². The molecule has 3 nitrogen and oxygen atoms in total. The van der Waals surface area contributed by atoms with E-state index in [1.165, 1.54) is 30.5 Å². The molecule has 118 valence electrons. The zero-order chi connectivity index (χ0) is 15.2. The Balaban J connectivity index is 2.21. The molecule has 1 aromatic rings. The van der Waals surface area contributed by atoms with Gasteiger partial charge in [0.05, 0.1) is 0 Å². The lowest BCUT2D eigenvalue weighted by Crippen LogP contribution is -2.32. The van der Waals surface area contributed by atoms with E-state index in [0.717, 1.165) is 37.8 Å². The van der Waals surface area contributed by atoms with Crippen molar-refractivity contribution in [3.05, 3.63) is 33.2 Å². The number of hydrogen-bond acceptors (Lipinski definition) is 2. The van der Waals surface area contributed by atoms with Crippen molar-refractivity contribution < 1.29 is 0 Å². The summed E-state index contributed by atoms with van der Waals surface area (Å²) in [5.41, 5.74) is 3.91. The standard InChI is InChI=1S/C18H30N2O/c1-4-6-7-11-20-17-10-8-9-15(17)12-16(18(20)21)13-19-14(3)5-2/h12,14,19H,4-11,13H2,1-3H3. The van der Waals surface area contributed by atoms with Crippen molar-refractivity contribution >= 4 is 0 Å². The van der Waals surface area contributed by atoms with E-state index >= 15 is 0 Å². The Morgan fingerprint density at radius 1 is 1.29 bits per heavy atom. The second kappa shape index (κ2) is 7.79. The monoisotopic (exact) mass is 290 g/mol. The number of unbranched alkanes of at least 4 members (excludes halogenated alkanes) is 2. The van der Waals surface area contributed by atoms with E-state index in [9.17, 15) is 4.79 Å². The fourth-order valence-electron chi connectivity index (χ4n) is 3.09. The molecule has 0 bridgehead atoms. The van der Waals surface area contributed by atoms with Gasteiger partial charge in [0.15, 0.2) is 0 Å². The fraction of sp³-hybridized carbons (Fsp3) is 0.722. The number of aromatic nitrogens is 1. The Labute approximate surface area is 128 Å². The normalized spacial score (nSPS) is 15.2. The zero-order valence-corrected chi connectivity index (χ0v) is 13.9. The number of hydrogen-bond donors (Lipinski definition) is 1. The lowest BCUT2D eigenvalue weighted by molar-refractivity contribution is 0.522. The van der Waals surface area contributed by atoms with E-state index in [1.54, 1.807) is 0 Å². The fourth-order valence-corrected chi connectivity index (χ4v) is 3.09. The molecule has 0 saturated carbocycles. The first-order chi connectivity index (χ1) is 10.2. The van der Waals surface area contributed by atoms with Gasteiger partial charge in [-0.05, 0) is 50.7 Å². The number of pyridine rings is 1. The minimum atomic E-state index is 0.238. The predicted octanol–water partition coefficient (Wildman–Crippen LogP) is 3.42. The Morgan fingerprint density at radius 3 is 2.81 bits per heavy atom. The molecule has 0 saturated heterocycles. The highest BCUT2D eigenvalue weighted by molar-refractivity contribution is 5.30. The van der Waals surface area contributed by atoms with Crippen molar-refractivity contribution in [2.24, 2.45) is 0 Å². The average molecular weight is 290 g/mol. The summed E-state index contributed by atoms with van der Waals surface area (Å²) in [6.07, 6.45) is 8.03. The van der Waals surface area contributed by atoms with Crippen LogP contribution in [0.3, 0.4) is 0 Å². The third kappa shape index (κ3) is 3.97. The van der Waals surface area contributed by atoms with Crippen molar-refractivity contribution in [2.75, 3.05) is 0 Å². The molecular weight excluding hydrogens is 260 g/mol. The Morgan fingerprint density at radius 2 is 2.10 bits per heavy atom. The van der Waals surface area contributed by atoms with Crippen molar-refractivity contribution in [3.63, 3.8) is 0 Å². The van der Waals surface area contributed by atoms with Crippen LogP contribution in [0.4, 0.5) is 0 Å². The molecule has 0 radical (unpaired) electrons. The average Bonchev–Trinajstić information content (AvgIpc) is 2.95. The van der Waals surface area contributed by atoms with Crippen LogP contribution in [0, 0.1) is 0 Å². The molecule has 3 heteroatoms. The molecule has 0 fully saturated rings. The topological polar surface area (TPSA) is 34.0 Å². The smallest absolute Gasteiger partial charge is 0.255 e. The molecule has 1 aliphatic carbocycles. The summed E-state index contributed by atoms with van der Waals surface area (Å²) in [6, 6.07) is 2.63. The quantitative estimate of drug-likeness (QED) is 0.744. The number of nitrogens with zero attached hydrogens (tertiary/aromatic N) is 1. The van der Waals surface area contributed by atoms with Crippen LogP contribution < -0.4 is 10.9 Å². The molecule has 0 amide bonds. The van der Waals surface area contributed by atoms with Gasteiger partial charge in [0, 0.05) is 30.4 Å². The molecule has 1 N–H and O–H groups in total. The van der Waals surface area contributed by atoms with Crippen LogP contribution in [0.5, 0.6) is 0 Å². The maximum absolute atomic E-state index is 12.7. The van der Waals surface area contributed by atoms with Crippen LogP contribution in [0.15, 0.2) is 10.9 Å². The molecule has 0 aliphatic heterocycles. The second-order valence-corrected chi connectivity index (χ2v) is 6.35. The first-order valence-corrected chi connectivity index (χ1v) is 8.65. The lowest BCUT2D eigenvalue weighted by atomic mass is 10.1. The Bertz CT molecular complexity index is 519. The van der Waals surface area contributed by atoms with Gasteiger partial charge in [-0.25, -0.2) is 0 Å². The Kier molecular flexibility index (Phi) is 6.04. The van der Waals surface area contributed by atoms with Crippen LogP contribution in [-0.4, -0.2) is 10.6 Å².